The van der Waals surface area contributed by atoms with E-state index < -0.39 is 5.97 Å². The molecule has 2 aromatic rings. The fourth-order valence-corrected chi connectivity index (χ4v) is 2.11. The molecule has 0 unspecified atom stereocenters. The van der Waals surface area contributed by atoms with E-state index in [0.717, 1.165) is 11.1 Å². The molecule has 2 nitrogen and oxygen atoms in total. The van der Waals surface area contributed by atoms with Gasteiger partial charge in [0.1, 0.15) is 0 Å². The van der Waals surface area contributed by atoms with Gasteiger partial charge in [-0.05, 0) is 22.8 Å². The third kappa shape index (κ3) is 2.32. The average molecular weight is 247 g/mol. The minimum atomic E-state index is -0.946. The summed E-state index contributed by atoms with van der Waals surface area (Å²) in [6.45, 7) is 0. The van der Waals surface area contributed by atoms with E-state index in [1.807, 2.05) is 36.4 Å². The van der Waals surface area contributed by atoms with Crippen molar-refractivity contribution in [2.75, 3.05) is 0 Å². The van der Waals surface area contributed by atoms with Crippen molar-refractivity contribution in [1.29, 1.82) is 0 Å². The number of alkyl halides is 1. The van der Waals surface area contributed by atoms with Gasteiger partial charge in [-0.3, -0.25) is 0 Å². The molecule has 0 aromatic heterocycles. The molecule has 2 aromatic carbocycles. The van der Waals surface area contributed by atoms with E-state index in [1.54, 1.807) is 12.1 Å². The van der Waals surface area contributed by atoms with Crippen molar-refractivity contribution < 1.29 is 9.90 Å². The number of hydrogen-bond acceptors (Lipinski definition) is 1. The normalized spacial score (nSPS) is 10.2. The van der Waals surface area contributed by atoms with Crippen LogP contribution < -0.4 is 0 Å². The lowest BCUT2D eigenvalue weighted by Crippen LogP contribution is -2.02. The van der Waals surface area contributed by atoms with Gasteiger partial charge in [0.25, 0.3) is 0 Å². The number of carboxylic acids is 1. The van der Waals surface area contributed by atoms with Crippen LogP contribution >= 0.6 is 11.6 Å². The van der Waals surface area contributed by atoms with Crippen molar-refractivity contribution in [3.8, 4) is 11.1 Å². The zero-order valence-corrected chi connectivity index (χ0v) is 9.82. The second kappa shape index (κ2) is 5.02. The van der Waals surface area contributed by atoms with Gasteiger partial charge in [-0.25, -0.2) is 4.79 Å². The van der Waals surface area contributed by atoms with Gasteiger partial charge in [0, 0.05) is 5.88 Å². The molecule has 0 atom stereocenters. The highest BCUT2D eigenvalue weighted by atomic mass is 35.5. The van der Waals surface area contributed by atoms with Crippen LogP contribution in [0.3, 0.4) is 0 Å². The number of halogens is 1. The first-order valence-corrected chi connectivity index (χ1v) is 5.74. The van der Waals surface area contributed by atoms with Crippen LogP contribution in [0.4, 0.5) is 0 Å². The Kier molecular flexibility index (Phi) is 3.45. The maximum atomic E-state index is 11.1. The maximum absolute atomic E-state index is 11.1. The number of carbonyl (C=O) groups is 1. The number of aromatic carboxylic acids is 1. The highest BCUT2D eigenvalue weighted by Gasteiger charge is 2.13. The Morgan fingerprint density at radius 1 is 1.06 bits per heavy atom. The molecule has 86 valence electrons. The van der Waals surface area contributed by atoms with Crippen LogP contribution in [-0.2, 0) is 5.88 Å². The molecule has 0 aliphatic heterocycles. The lowest BCUT2D eigenvalue weighted by molar-refractivity contribution is 0.0696. The molecule has 0 saturated heterocycles. The van der Waals surface area contributed by atoms with E-state index >= 15 is 0 Å². The Hall–Kier alpha value is -1.80. The lowest BCUT2D eigenvalue weighted by Gasteiger charge is -2.10. The van der Waals surface area contributed by atoms with Gasteiger partial charge in [0.15, 0.2) is 0 Å². The summed E-state index contributed by atoms with van der Waals surface area (Å²) in [4.78, 5) is 11.1. The molecule has 0 fully saturated rings. The van der Waals surface area contributed by atoms with Crippen molar-refractivity contribution in [2.24, 2.45) is 0 Å². The molecule has 0 amide bonds. The van der Waals surface area contributed by atoms with Crippen molar-refractivity contribution in [2.45, 2.75) is 5.88 Å². The van der Waals surface area contributed by atoms with Gasteiger partial charge in [-0.15, -0.1) is 11.6 Å². The Balaban J connectivity index is 2.63. The fraction of sp³-hybridized carbons (Fsp3) is 0.0714. The van der Waals surface area contributed by atoms with Crippen molar-refractivity contribution in [3.63, 3.8) is 0 Å². The van der Waals surface area contributed by atoms with Crippen LogP contribution in [0.25, 0.3) is 11.1 Å². The van der Waals surface area contributed by atoms with Crippen LogP contribution in [0.5, 0.6) is 0 Å². The zero-order chi connectivity index (χ0) is 12.3. The molecule has 0 bridgehead atoms. The summed E-state index contributed by atoms with van der Waals surface area (Å²) in [6, 6.07) is 14.8. The minimum absolute atomic E-state index is 0.187. The third-order valence-corrected chi connectivity index (χ3v) is 2.89. The Morgan fingerprint density at radius 2 is 1.76 bits per heavy atom. The van der Waals surface area contributed by atoms with Crippen LogP contribution in [0.2, 0.25) is 0 Å². The molecule has 1 N–H and O–H groups in total. The predicted molar refractivity (Wildman–Crippen MR) is 68.4 cm³/mol. The quantitative estimate of drug-likeness (QED) is 0.837. The average Bonchev–Trinajstić information content (AvgIpc) is 2.38. The predicted octanol–water partition coefficient (Wildman–Crippen LogP) is 3.79. The van der Waals surface area contributed by atoms with E-state index in [-0.39, 0.29) is 11.4 Å². The molecular formula is C14H11ClO2. The van der Waals surface area contributed by atoms with Crippen LogP contribution in [0.15, 0.2) is 48.5 Å². The van der Waals surface area contributed by atoms with E-state index in [0.29, 0.717) is 5.56 Å². The lowest BCUT2D eigenvalue weighted by atomic mass is 9.96. The van der Waals surface area contributed by atoms with E-state index in [2.05, 4.69) is 0 Å². The van der Waals surface area contributed by atoms with E-state index in [1.165, 1.54) is 0 Å². The summed E-state index contributed by atoms with van der Waals surface area (Å²) >= 11 is 5.87. The van der Waals surface area contributed by atoms with Gasteiger partial charge in [0.05, 0.1) is 5.56 Å². The van der Waals surface area contributed by atoms with Gasteiger partial charge in [0.2, 0.25) is 0 Å². The Labute approximate surface area is 104 Å². The van der Waals surface area contributed by atoms with E-state index in [9.17, 15) is 4.79 Å². The topological polar surface area (TPSA) is 37.3 Å². The van der Waals surface area contributed by atoms with Crippen LogP contribution in [0, 0.1) is 0 Å². The van der Waals surface area contributed by atoms with Crippen molar-refractivity contribution >= 4 is 17.6 Å². The molecule has 17 heavy (non-hydrogen) atoms. The Morgan fingerprint density at radius 3 is 2.35 bits per heavy atom. The largest absolute Gasteiger partial charge is 0.478 e. The zero-order valence-electron chi connectivity index (χ0n) is 9.06. The third-order valence-electron chi connectivity index (χ3n) is 2.62. The maximum Gasteiger partial charge on any atom is 0.336 e. The smallest absolute Gasteiger partial charge is 0.336 e. The summed E-state index contributed by atoms with van der Waals surface area (Å²) in [7, 11) is 0. The number of hydrogen-bond donors (Lipinski definition) is 1. The monoisotopic (exact) mass is 246 g/mol. The molecule has 0 aliphatic carbocycles. The van der Waals surface area contributed by atoms with Gasteiger partial charge < -0.3 is 5.11 Å². The number of carboxylic acid groups (broad SMARTS) is 1. The van der Waals surface area contributed by atoms with Crippen molar-refractivity contribution in [3.05, 3.63) is 59.7 Å². The Bertz CT molecular complexity index is 535. The molecule has 0 spiro atoms. The van der Waals surface area contributed by atoms with Crippen LogP contribution in [0.1, 0.15) is 15.9 Å². The summed E-state index contributed by atoms with van der Waals surface area (Å²) in [6.07, 6.45) is 0. The summed E-state index contributed by atoms with van der Waals surface area (Å²) < 4.78 is 0. The minimum Gasteiger partial charge on any atom is -0.478 e. The first-order valence-electron chi connectivity index (χ1n) is 5.20. The summed E-state index contributed by atoms with van der Waals surface area (Å²) in [5.74, 6) is -0.759. The fourth-order valence-electron chi connectivity index (χ4n) is 1.82. The standard InChI is InChI=1S/C14H11ClO2/c15-9-13-11(10-5-2-1-3-6-10)7-4-8-12(13)14(16)17/h1-8H,9H2,(H,16,17). The second-order valence-corrected chi connectivity index (χ2v) is 3.90. The van der Waals surface area contributed by atoms with Crippen LogP contribution in [-0.4, -0.2) is 11.1 Å². The molecule has 0 radical (unpaired) electrons. The van der Waals surface area contributed by atoms with Gasteiger partial charge in [-0.1, -0.05) is 42.5 Å². The van der Waals surface area contributed by atoms with Gasteiger partial charge >= 0.3 is 5.97 Å². The highest BCUT2D eigenvalue weighted by Crippen LogP contribution is 2.27. The molecular weight excluding hydrogens is 236 g/mol. The van der Waals surface area contributed by atoms with Crippen molar-refractivity contribution in [1.82, 2.24) is 0 Å². The number of benzene rings is 2. The molecule has 0 aliphatic rings. The first kappa shape index (κ1) is 11.7. The molecule has 0 heterocycles. The molecule has 0 saturated carbocycles. The summed E-state index contributed by atoms with van der Waals surface area (Å²) in [5.41, 5.74) is 2.78. The first-order chi connectivity index (χ1) is 8.24. The second-order valence-electron chi connectivity index (χ2n) is 3.64. The number of rotatable bonds is 3. The SMILES string of the molecule is O=C(O)c1cccc(-c2ccccc2)c1CCl. The molecule has 3 heteroatoms. The van der Waals surface area contributed by atoms with E-state index in [4.69, 9.17) is 16.7 Å². The van der Waals surface area contributed by atoms with Gasteiger partial charge in [-0.2, -0.15) is 0 Å². The highest BCUT2D eigenvalue weighted by molar-refractivity contribution is 6.18. The summed E-state index contributed by atoms with van der Waals surface area (Å²) in [5, 5.41) is 9.11. The molecule has 2 rings (SSSR count).